The summed E-state index contributed by atoms with van der Waals surface area (Å²) in [4.78, 5) is 8.07. The van der Waals surface area contributed by atoms with Crippen LogP contribution >= 0.6 is 0 Å². The van der Waals surface area contributed by atoms with Gasteiger partial charge < -0.3 is 10.3 Å². The summed E-state index contributed by atoms with van der Waals surface area (Å²) >= 11 is 0. The molecule has 1 aromatic carbocycles. The highest BCUT2D eigenvalue weighted by molar-refractivity contribution is 5.74. The van der Waals surface area contributed by atoms with Crippen molar-refractivity contribution in [2.45, 2.75) is 51.1 Å². The lowest BCUT2D eigenvalue weighted by atomic mass is 9.95. The number of rotatable bonds is 3. The molecule has 2 aromatic rings. The number of aromatic amines is 1. The van der Waals surface area contributed by atoms with Gasteiger partial charge in [0.2, 0.25) is 0 Å². The molecule has 1 fully saturated rings. The van der Waals surface area contributed by atoms with Crippen LogP contribution in [0.25, 0.3) is 11.0 Å². The zero-order chi connectivity index (χ0) is 12.4. The predicted octanol–water partition coefficient (Wildman–Crippen LogP) is 3.55. The maximum absolute atomic E-state index is 4.66. The molecule has 1 saturated carbocycles. The molecule has 0 spiro atoms. The van der Waals surface area contributed by atoms with E-state index in [1.807, 2.05) is 12.1 Å². The maximum atomic E-state index is 4.66. The van der Waals surface area contributed by atoms with Crippen molar-refractivity contribution in [3.05, 3.63) is 30.1 Å². The molecular weight excluding hydrogens is 222 g/mol. The number of hydrogen-bond acceptors (Lipinski definition) is 2. The van der Waals surface area contributed by atoms with Crippen molar-refractivity contribution in [3.63, 3.8) is 0 Å². The highest BCUT2D eigenvalue weighted by atomic mass is 15.0. The summed E-state index contributed by atoms with van der Waals surface area (Å²) in [5, 5.41) is 3.70. The maximum Gasteiger partial charge on any atom is 0.124 e. The minimum atomic E-state index is 0.306. The second kappa shape index (κ2) is 5.11. The van der Waals surface area contributed by atoms with E-state index < -0.39 is 0 Å². The van der Waals surface area contributed by atoms with Gasteiger partial charge in [-0.15, -0.1) is 0 Å². The van der Waals surface area contributed by atoms with Crippen LogP contribution in [-0.4, -0.2) is 16.0 Å². The number of benzene rings is 1. The Morgan fingerprint density at radius 1 is 1.22 bits per heavy atom. The number of para-hydroxylation sites is 2. The molecule has 2 N–H and O–H groups in total. The molecule has 0 saturated heterocycles. The van der Waals surface area contributed by atoms with Crippen LogP contribution in [0.1, 0.15) is 50.9 Å². The highest BCUT2D eigenvalue weighted by Crippen LogP contribution is 2.21. The van der Waals surface area contributed by atoms with E-state index in [4.69, 9.17) is 0 Å². The SMILES string of the molecule is CC(NC1CCCCC1)c1nc2ccccc2[nH]1. The summed E-state index contributed by atoms with van der Waals surface area (Å²) in [6.45, 7) is 2.20. The molecule has 0 radical (unpaired) electrons. The number of fused-ring (bicyclic) bond motifs is 1. The first-order valence-corrected chi connectivity index (χ1v) is 7.03. The van der Waals surface area contributed by atoms with Gasteiger partial charge in [0.1, 0.15) is 5.82 Å². The second-order valence-corrected chi connectivity index (χ2v) is 5.36. The number of nitrogens with zero attached hydrogens (tertiary/aromatic N) is 1. The summed E-state index contributed by atoms with van der Waals surface area (Å²) in [6, 6.07) is 9.19. The Balaban J connectivity index is 1.72. The van der Waals surface area contributed by atoms with Crippen molar-refractivity contribution >= 4 is 11.0 Å². The Morgan fingerprint density at radius 2 is 2.00 bits per heavy atom. The third kappa shape index (κ3) is 2.41. The first kappa shape index (κ1) is 11.7. The van der Waals surface area contributed by atoms with Crippen molar-refractivity contribution in [1.82, 2.24) is 15.3 Å². The lowest BCUT2D eigenvalue weighted by molar-refractivity contribution is 0.342. The monoisotopic (exact) mass is 243 g/mol. The average Bonchev–Trinajstić information content (AvgIpc) is 2.84. The number of aromatic nitrogens is 2. The molecule has 0 amide bonds. The van der Waals surface area contributed by atoms with Gasteiger partial charge >= 0.3 is 0 Å². The summed E-state index contributed by atoms with van der Waals surface area (Å²) in [5.74, 6) is 1.06. The van der Waals surface area contributed by atoms with Gasteiger partial charge in [-0.2, -0.15) is 0 Å². The van der Waals surface area contributed by atoms with Crippen LogP contribution in [0.3, 0.4) is 0 Å². The normalized spacial score (nSPS) is 19.2. The third-order valence-corrected chi connectivity index (χ3v) is 3.91. The van der Waals surface area contributed by atoms with E-state index in [0.29, 0.717) is 12.1 Å². The molecule has 1 aliphatic carbocycles. The van der Waals surface area contributed by atoms with E-state index in [1.54, 1.807) is 0 Å². The van der Waals surface area contributed by atoms with Gasteiger partial charge in [-0.25, -0.2) is 4.98 Å². The fourth-order valence-electron chi connectivity index (χ4n) is 2.88. The molecule has 1 aromatic heterocycles. The van der Waals surface area contributed by atoms with Gasteiger partial charge in [-0.05, 0) is 31.9 Å². The molecule has 3 nitrogen and oxygen atoms in total. The van der Waals surface area contributed by atoms with E-state index in [-0.39, 0.29) is 0 Å². The van der Waals surface area contributed by atoms with Crippen LogP contribution < -0.4 is 5.32 Å². The molecule has 3 rings (SSSR count). The van der Waals surface area contributed by atoms with Gasteiger partial charge in [0.05, 0.1) is 17.1 Å². The average molecular weight is 243 g/mol. The van der Waals surface area contributed by atoms with E-state index in [9.17, 15) is 0 Å². The largest absolute Gasteiger partial charge is 0.341 e. The Hall–Kier alpha value is -1.35. The fourth-order valence-corrected chi connectivity index (χ4v) is 2.88. The van der Waals surface area contributed by atoms with Crippen molar-refractivity contribution < 1.29 is 0 Å². The van der Waals surface area contributed by atoms with Crippen molar-refractivity contribution in [2.24, 2.45) is 0 Å². The number of nitrogens with one attached hydrogen (secondary N) is 2. The summed E-state index contributed by atoms with van der Waals surface area (Å²) in [7, 11) is 0. The van der Waals surface area contributed by atoms with Crippen molar-refractivity contribution in [3.8, 4) is 0 Å². The number of H-pyrrole nitrogens is 1. The van der Waals surface area contributed by atoms with Crippen LogP contribution in [0.2, 0.25) is 0 Å². The first-order chi connectivity index (χ1) is 8.83. The van der Waals surface area contributed by atoms with Gasteiger partial charge in [-0.3, -0.25) is 0 Å². The number of hydrogen-bond donors (Lipinski definition) is 2. The fraction of sp³-hybridized carbons (Fsp3) is 0.533. The van der Waals surface area contributed by atoms with E-state index in [2.05, 4.69) is 34.3 Å². The Labute approximate surface area is 108 Å². The molecule has 18 heavy (non-hydrogen) atoms. The van der Waals surface area contributed by atoms with Gasteiger partial charge in [0, 0.05) is 6.04 Å². The first-order valence-electron chi connectivity index (χ1n) is 7.03. The molecular formula is C15H21N3. The van der Waals surface area contributed by atoms with Crippen LogP contribution in [0, 0.1) is 0 Å². The Bertz CT molecular complexity index is 478. The van der Waals surface area contributed by atoms with E-state index in [1.165, 1.54) is 32.1 Å². The molecule has 1 atom stereocenters. The predicted molar refractivity (Wildman–Crippen MR) is 74.5 cm³/mol. The minimum absolute atomic E-state index is 0.306. The molecule has 1 unspecified atom stereocenters. The van der Waals surface area contributed by atoms with Crippen LogP contribution in [0.4, 0.5) is 0 Å². The summed E-state index contributed by atoms with van der Waals surface area (Å²) in [5.41, 5.74) is 2.19. The number of imidazole rings is 1. The molecule has 1 aliphatic rings. The van der Waals surface area contributed by atoms with Crippen LogP contribution in [0.5, 0.6) is 0 Å². The quantitative estimate of drug-likeness (QED) is 0.865. The standard InChI is InChI=1S/C15H21N3/c1-11(16-12-7-3-2-4-8-12)15-17-13-9-5-6-10-14(13)18-15/h5-6,9-12,16H,2-4,7-8H2,1H3,(H,17,18). The van der Waals surface area contributed by atoms with Gasteiger partial charge in [-0.1, -0.05) is 31.4 Å². The minimum Gasteiger partial charge on any atom is -0.341 e. The molecule has 0 aliphatic heterocycles. The summed E-state index contributed by atoms with van der Waals surface area (Å²) < 4.78 is 0. The van der Waals surface area contributed by atoms with Crippen molar-refractivity contribution in [1.29, 1.82) is 0 Å². The second-order valence-electron chi connectivity index (χ2n) is 5.36. The van der Waals surface area contributed by atoms with Gasteiger partial charge in [0.25, 0.3) is 0 Å². The lowest BCUT2D eigenvalue weighted by Crippen LogP contribution is -2.33. The Kier molecular flexibility index (Phi) is 3.33. The van der Waals surface area contributed by atoms with Gasteiger partial charge in [0.15, 0.2) is 0 Å². The Morgan fingerprint density at radius 3 is 2.78 bits per heavy atom. The smallest absolute Gasteiger partial charge is 0.124 e. The lowest BCUT2D eigenvalue weighted by Gasteiger charge is -2.25. The third-order valence-electron chi connectivity index (χ3n) is 3.91. The zero-order valence-corrected chi connectivity index (χ0v) is 10.9. The molecule has 1 heterocycles. The highest BCUT2D eigenvalue weighted by Gasteiger charge is 2.18. The molecule has 96 valence electrons. The van der Waals surface area contributed by atoms with E-state index in [0.717, 1.165) is 16.9 Å². The topological polar surface area (TPSA) is 40.7 Å². The summed E-state index contributed by atoms with van der Waals surface area (Å²) in [6.07, 6.45) is 6.75. The molecule has 3 heteroatoms. The van der Waals surface area contributed by atoms with Crippen LogP contribution in [-0.2, 0) is 0 Å². The van der Waals surface area contributed by atoms with E-state index >= 15 is 0 Å². The molecule has 0 bridgehead atoms. The van der Waals surface area contributed by atoms with Crippen LogP contribution in [0.15, 0.2) is 24.3 Å². The zero-order valence-electron chi connectivity index (χ0n) is 10.9. The van der Waals surface area contributed by atoms with Crippen molar-refractivity contribution in [2.75, 3.05) is 0 Å².